The molecule has 0 aromatic heterocycles. The zero-order valence-electron chi connectivity index (χ0n) is 13.9. The Morgan fingerprint density at radius 1 is 0.750 bits per heavy atom. The highest BCUT2D eigenvalue weighted by atomic mass is 32.2. The van der Waals surface area contributed by atoms with Crippen LogP contribution < -0.4 is 0 Å². The summed E-state index contributed by atoms with van der Waals surface area (Å²) in [7, 11) is -3.67. The summed E-state index contributed by atoms with van der Waals surface area (Å²) in [4.78, 5) is 2.64. The lowest BCUT2D eigenvalue weighted by molar-refractivity contribution is 0.261. The SMILES string of the molecule is CCCCN(CCCC)CCCC.CCCS(=O)(=O)O. The van der Waals surface area contributed by atoms with E-state index in [1.807, 2.05) is 0 Å². The molecule has 0 heterocycles. The van der Waals surface area contributed by atoms with Crippen molar-refractivity contribution in [3.8, 4) is 0 Å². The Balaban J connectivity index is 0. The van der Waals surface area contributed by atoms with Gasteiger partial charge >= 0.3 is 0 Å². The van der Waals surface area contributed by atoms with Gasteiger partial charge in [-0.1, -0.05) is 47.0 Å². The predicted molar refractivity (Wildman–Crippen MR) is 87.9 cm³/mol. The van der Waals surface area contributed by atoms with Gasteiger partial charge in [-0.3, -0.25) is 4.55 Å². The number of nitrogens with zero attached hydrogens (tertiary/aromatic N) is 1. The normalized spacial score (nSPS) is 11.3. The van der Waals surface area contributed by atoms with Crippen LogP contribution in [0.3, 0.4) is 0 Å². The summed E-state index contributed by atoms with van der Waals surface area (Å²) < 4.78 is 27.6. The highest BCUT2D eigenvalue weighted by Gasteiger charge is 2.01. The van der Waals surface area contributed by atoms with Gasteiger partial charge in [-0.25, -0.2) is 0 Å². The summed E-state index contributed by atoms with van der Waals surface area (Å²) in [5.41, 5.74) is 0. The summed E-state index contributed by atoms with van der Waals surface area (Å²) in [6, 6.07) is 0. The molecule has 1 N–H and O–H groups in total. The van der Waals surface area contributed by atoms with E-state index in [2.05, 4.69) is 25.7 Å². The third-order valence-corrected chi connectivity index (χ3v) is 3.87. The summed E-state index contributed by atoms with van der Waals surface area (Å²) in [5.74, 6) is -0.132. The first-order chi connectivity index (χ1) is 9.41. The van der Waals surface area contributed by atoms with E-state index in [1.54, 1.807) is 6.92 Å². The fraction of sp³-hybridized carbons (Fsp3) is 1.00. The van der Waals surface area contributed by atoms with Gasteiger partial charge in [0.15, 0.2) is 0 Å². The second-order valence-corrected chi connectivity index (χ2v) is 6.76. The van der Waals surface area contributed by atoms with E-state index in [0.717, 1.165) is 0 Å². The van der Waals surface area contributed by atoms with Gasteiger partial charge in [-0.2, -0.15) is 8.42 Å². The van der Waals surface area contributed by atoms with Gasteiger partial charge in [-0.15, -0.1) is 0 Å². The molecule has 0 aromatic carbocycles. The molecule has 0 aliphatic carbocycles. The minimum absolute atomic E-state index is 0.132. The Bertz CT molecular complexity index is 260. The van der Waals surface area contributed by atoms with Crippen LogP contribution in [0.4, 0.5) is 0 Å². The lowest BCUT2D eigenvalue weighted by Crippen LogP contribution is -2.27. The zero-order chi connectivity index (χ0) is 15.9. The van der Waals surface area contributed by atoms with E-state index in [4.69, 9.17) is 4.55 Å². The van der Waals surface area contributed by atoms with E-state index < -0.39 is 10.1 Å². The summed E-state index contributed by atoms with van der Waals surface area (Å²) >= 11 is 0. The van der Waals surface area contributed by atoms with Crippen LogP contribution in [0.1, 0.15) is 72.6 Å². The van der Waals surface area contributed by atoms with Gasteiger partial charge in [0.25, 0.3) is 10.1 Å². The lowest BCUT2D eigenvalue weighted by atomic mass is 10.2. The second-order valence-electron chi connectivity index (χ2n) is 5.19. The Kier molecular flexibility index (Phi) is 16.9. The molecule has 0 aliphatic heterocycles. The first-order valence-corrected chi connectivity index (χ1v) is 9.69. The van der Waals surface area contributed by atoms with Crippen LogP contribution in [0.5, 0.6) is 0 Å². The van der Waals surface area contributed by atoms with Crippen LogP contribution in [0.2, 0.25) is 0 Å². The van der Waals surface area contributed by atoms with Crippen LogP contribution in [0.15, 0.2) is 0 Å². The number of hydrogen-bond donors (Lipinski definition) is 1. The molecule has 0 fully saturated rings. The molecule has 20 heavy (non-hydrogen) atoms. The van der Waals surface area contributed by atoms with E-state index in [0.29, 0.717) is 6.42 Å². The van der Waals surface area contributed by atoms with Crippen LogP contribution >= 0.6 is 0 Å². The molecule has 0 rings (SSSR count). The molecule has 0 amide bonds. The molecule has 5 heteroatoms. The minimum Gasteiger partial charge on any atom is -0.303 e. The molecule has 0 radical (unpaired) electrons. The van der Waals surface area contributed by atoms with Gasteiger partial charge in [0.2, 0.25) is 0 Å². The van der Waals surface area contributed by atoms with Gasteiger partial charge < -0.3 is 4.90 Å². The molecule has 4 nitrogen and oxygen atoms in total. The molecule has 0 aliphatic rings. The van der Waals surface area contributed by atoms with Gasteiger partial charge in [0.05, 0.1) is 5.75 Å². The second kappa shape index (κ2) is 15.3. The Hall–Kier alpha value is -0.130. The van der Waals surface area contributed by atoms with Crippen molar-refractivity contribution in [3.63, 3.8) is 0 Å². The maximum Gasteiger partial charge on any atom is 0.264 e. The van der Waals surface area contributed by atoms with E-state index in [1.165, 1.54) is 58.2 Å². The summed E-state index contributed by atoms with van der Waals surface area (Å²) in [6.45, 7) is 12.5. The fourth-order valence-electron chi connectivity index (χ4n) is 1.74. The summed E-state index contributed by atoms with van der Waals surface area (Å²) in [5, 5.41) is 0. The maximum absolute atomic E-state index is 9.79. The Morgan fingerprint density at radius 3 is 1.25 bits per heavy atom. The molecular formula is C15H35NO3S. The first-order valence-electron chi connectivity index (χ1n) is 8.08. The smallest absolute Gasteiger partial charge is 0.264 e. The van der Waals surface area contributed by atoms with E-state index in [9.17, 15) is 8.42 Å². The molecule has 0 bridgehead atoms. The predicted octanol–water partition coefficient (Wildman–Crippen LogP) is 3.97. The van der Waals surface area contributed by atoms with Crippen molar-refractivity contribution in [2.75, 3.05) is 25.4 Å². The molecule has 124 valence electrons. The van der Waals surface area contributed by atoms with Crippen molar-refractivity contribution in [2.45, 2.75) is 72.6 Å². The molecule has 0 saturated heterocycles. The number of rotatable bonds is 11. The Labute approximate surface area is 126 Å². The first kappa shape index (κ1) is 22.2. The monoisotopic (exact) mass is 309 g/mol. The molecule has 0 spiro atoms. The molecule has 0 unspecified atom stereocenters. The van der Waals surface area contributed by atoms with Gasteiger partial charge in [0.1, 0.15) is 0 Å². The molecule has 0 aromatic rings. The quantitative estimate of drug-likeness (QED) is 0.587. The standard InChI is InChI=1S/C12H27N.C3H8O3S/c1-4-7-10-13(11-8-5-2)12-9-6-3;1-2-3-7(4,5)6/h4-12H2,1-3H3;2-3H2,1H3,(H,4,5,6). The Morgan fingerprint density at radius 2 is 1.10 bits per heavy atom. The van der Waals surface area contributed by atoms with Crippen molar-refractivity contribution >= 4 is 10.1 Å². The topological polar surface area (TPSA) is 57.6 Å². The van der Waals surface area contributed by atoms with Crippen molar-refractivity contribution in [3.05, 3.63) is 0 Å². The van der Waals surface area contributed by atoms with Crippen LogP contribution in [0.25, 0.3) is 0 Å². The molecule has 0 atom stereocenters. The van der Waals surface area contributed by atoms with Gasteiger partial charge in [-0.05, 0) is 45.3 Å². The van der Waals surface area contributed by atoms with Crippen molar-refractivity contribution in [1.82, 2.24) is 4.90 Å². The van der Waals surface area contributed by atoms with E-state index >= 15 is 0 Å². The summed E-state index contributed by atoms with van der Waals surface area (Å²) in [6.07, 6.45) is 8.56. The average Bonchev–Trinajstić information content (AvgIpc) is 2.37. The van der Waals surface area contributed by atoms with Crippen LogP contribution in [-0.2, 0) is 10.1 Å². The van der Waals surface area contributed by atoms with Crippen molar-refractivity contribution in [2.24, 2.45) is 0 Å². The third-order valence-electron chi connectivity index (χ3n) is 2.95. The van der Waals surface area contributed by atoms with Crippen molar-refractivity contribution in [1.29, 1.82) is 0 Å². The fourth-order valence-corrected chi connectivity index (χ4v) is 2.25. The highest BCUT2D eigenvalue weighted by molar-refractivity contribution is 7.85. The van der Waals surface area contributed by atoms with Crippen LogP contribution in [-0.4, -0.2) is 43.3 Å². The lowest BCUT2D eigenvalue weighted by Gasteiger charge is -2.21. The number of unbranched alkanes of at least 4 members (excludes halogenated alkanes) is 3. The minimum atomic E-state index is -3.67. The largest absolute Gasteiger partial charge is 0.303 e. The molecular weight excluding hydrogens is 274 g/mol. The highest BCUT2D eigenvalue weighted by Crippen LogP contribution is 2.01. The zero-order valence-corrected chi connectivity index (χ0v) is 14.7. The third kappa shape index (κ3) is 20.2. The maximum atomic E-state index is 9.79. The van der Waals surface area contributed by atoms with Crippen molar-refractivity contribution < 1.29 is 13.0 Å². The van der Waals surface area contributed by atoms with E-state index in [-0.39, 0.29) is 5.75 Å². The average molecular weight is 310 g/mol. The number of hydrogen-bond acceptors (Lipinski definition) is 3. The molecule has 0 saturated carbocycles. The van der Waals surface area contributed by atoms with Crippen LogP contribution in [0, 0.1) is 0 Å². The van der Waals surface area contributed by atoms with Gasteiger partial charge in [0, 0.05) is 0 Å².